The van der Waals surface area contributed by atoms with Crippen molar-refractivity contribution in [3.05, 3.63) is 102 Å². The highest BCUT2D eigenvalue weighted by molar-refractivity contribution is 5.91. The number of fused-ring (bicyclic) bond motifs is 1. The molecule has 48 heavy (non-hydrogen) atoms. The molecule has 5 rings (SSSR count). The Balaban J connectivity index is 0.000000218. The highest BCUT2D eigenvalue weighted by atomic mass is 19.4. The fraction of sp³-hybridized carbons (Fsp3) is 0.400. The number of aromatic nitrogens is 6. The van der Waals surface area contributed by atoms with Crippen LogP contribution in [-0.2, 0) is 25.8 Å². The van der Waals surface area contributed by atoms with Gasteiger partial charge in [-0.1, -0.05) is 70.1 Å². The van der Waals surface area contributed by atoms with Gasteiger partial charge >= 0.3 is 12.1 Å². The molecule has 0 aliphatic carbocycles. The van der Waals surface area contributed by atoms with Crippen LogP contribution in [0.4, 0.5) is 19.0 Å². The van der Waals surface area contributed by atoms with Crippen molar-refractivity contribution in [2.75, 3.05) is 12.3 Å². The van der Waals surface area contributed by atoms with E-state index >= 15 is 0 Å². The van der Waals surface area contributed by atoms with Crippen molar-refractivity contribution in [2.24, 2.45) is 0 Å². The van der Waals surface area contributed by atoms with E-state index in [0.717, 1.165) is 35.0 Å². The number of hydrogen-bond donors (Lipinski definition) is 3. The molecule has 0 atom stereocenters. The van der Waals surface area contributed by atoms with Crippen LogP contribution in [0.2, 0.25) is 0 Å². The van der Waals surface area contributed by atoms with E-state index in [4.69, 9.17) is 10.8 Å². The molecule has 0 unspecified atom stereocenters. The van der Waals surface area contributed by atoms with Gasteiger partial charge in [0, 0.05) is 42.9 Å². The quantitative estimate of drug-likeness (QED) is 0.0933. The van der Waals surface area contributed by atoms with Gasteiger partial charge in [0.25, 0.3) is 0 Å². The van der Waals surface area contributed by atoms with E-state index in [2.05, 4.69) is 50.6 Å². The summed E-state index contributed by atoms with van der Waals surface area (Å²) in [5.41, 5.74) is 6.23. The Bertz CT molecular complexity index is 1700. The number of nitrogens with two attached hydrogens (primary N) is 1. The Kier molecular flexibility index (Phi) is 13.5. The summed E-state index contributed by atoms with van der Waals surface area (Å²) in [5.74, 6) is -1.06. The number of pyridine rings is 2. The van der Waals surface area contributed by atoms with Gasteiger partial charge < -0.3 is 16.2 Å². The Morgan fingerprint density at radius 3 is 2.31 bits per heavy atom. The largest absolute Gasteiger partial charge is 0.478 e. The van der Waals surface area contributed by atoms with E-state index in [1.54, 1.807) is 41.5 Å². The molecule has 10 nitrogen and oxygen atoms in total. The smallest absolute Gasteiger partial charge is 0.436 e. The molecule has 0 spiro atoms. The topological polar surface area (TPSA) is 137 Å². The lowest BCUT2D eigenvalue weighted by molar-refractivity contribution is -0.142. The molecule has 256 valence electrons. The molecule has 5 aromatic rings. The van der Waals surface area contributed by atoms with Gasteiger partial charge in [0.1, 0.15) is 11.4 Å². The van der Waals surface area contributed by atoms with Crippen LogP contribution in [0, 0.1) is 0 Å². The third-order valence-electron chi connectivity index (χ3n) is 7.77. The molecular weight excluding hydrogens is 621 g/mol. The van der Waals surface area contributed by atoms with Crippen LogP contribution >= 0.6 is 0 Å². The SMILES string of the molecule is CCCCCCCCCCNCc1ccc2c(N)nccc2c1.O=C(O)c1cn(Cc2ccc(Cn3cccn3)nc2)nc1C(F)(F)F. The number of carboxylic acid groups (broad SMARTS) is 1. The number of unbranched alkanes of at least 4 members (excludes halogenated alkanes) is 7. The van der Waals surface area contributed by atoms with Crippen LogP contribution in [0.25, 0.3) is 10.8 Å². The second-order valence-electron chi connectivity index (χ2n) is 11.7. The molecular formula is C35H43F3N8O2. The molecule has 13 heteroatoms. The van der Waals surface area contributed by atoms with Crippen molar-refractivity contribution >= 4 is 22.6 Å². The lowest BCUT2D eigenvalue weighted by Crippen LogP contribution is -2.14. The van der Waals surface area contributed by atoms with Gasteiger partial charge in [-0.3, -0.25) is 14.3 Å². The van der Waals surface area contributed by atoms with Crippen molar-refractivity contribution in [3.8, 4) is 0 Å². The molecule has 4 N–H and O–H groups in total. The average molecular weight is 665 g/mol. The minimum Gasteiger partial charge on any atom is -0.478 e. The number of nitrogens with one attached hydrogen (secondary N) is 1. The fourth-order valence-corrected chi connectivity index (χ4v) is 5.23. The molecule has 4 aromatic heterocycles. The number of halogens is 3. The van der Waals surface area contributed by atoms with Gasteiger partial charge in [0.15, 0.2) is 5.69 Å². The number of nitrogens with zero attached hydrogens (tertiary/aromatic N) is 6. The third-order valence-corrected chi connectivity index (χ3v) is 7.77. The van der Waals surface area contributed by atoms with E-state index in [9.17, 15) is 18.0 Å². The van der Waals surface area contributed by atoms with Crippen LogP contribution in [0.3, 0.4) is 0 Å². The molecule has 0 fully saturated rings. The zero-order valence-electron chi connectivity index (χ0n) is 27.2. The summed E-state index contributed by atoms with van der Waals surface area (Å²) in [4.78, 5) is 19.3. The summed E-state index contributed by atoms with van der Waals surface area (Å²) in [6.07, 6.45) is 13.7. The Labute approximate surface area is 278 Å². The third kappa shape index (κ3) is 11.2. The normalized spacial score (nSPS) is 11.4. The second kappa shape index (κ2) is 17.9. The fourth-order valence-electron chi connectivity index (χ4n) is 5.23. The second-order valence-corrected chi connectivity index (χ2v) is 11.7. The summed E-state index contributed by atoms with van der Waals surface area (Å²) < 4.78 is 41.1. The van der Waals surface area contributed by atoms with E-state index in [-0.39, 0.29) is 6.54 Å². The number of benzene rings is 1. The van der Waals surface area contributed by atoms with Crippen molar-refractivity contribution in [2.45, 2.75) is 84.1 Å². The Morgan fingerprint density at radius 1 is 0.917 bits per heavy atom. The molecule has 0 bridgehead atoms. The number of rotatable bonds is 16. The van der Waals surface area contributed by atoms with E-state index in [0.29, 0.717) is 17.9 Å². The van der Waals surface area contributed by atoms with E-state index < -0.39 is 23.4 Å². The van der Waals surface area contributed by atoms with Crippen LogP contribution in [-0.4, -0.2) is 47.1 Å². The van der Waals surface area contributed by atoms with Crippen molar-refractivity contribution in [1.29, 1.82) is 0 Å². The summed E-state index contributed by atoms with van der Waals surface area (Å²) in [5, 5.41) is 22.1. The molecule has 0 amide bonds. The van der Waals surface area contributed by atoms with Gasteiger partial charge in [0.2, 0.25) is 0 Å². The lowest BCUT2D eigenvalue weighted by atomic mass is 10.1. The zero-order valence-corrected chi connectivity index (χ0v) is 27.2. The summed E-state index contributed by atoms with van der Waals surface area (Å²) >= 11 is 0. The number of carbonyl (C=O) groups is 1. The summed E-state index contributed by atoms with van der Waals surface area (Å²) in [6.45, 7) is 4.75. The van der Waals surface area contributed by atoms with Gasteiger partial charge in [0.05, 0.1) is 18.8 Å². The van der Waals surface area contributed by atoms with Crippen molar-refractivity contribution in [3.63, 3.8) is 0 Å². The van der Waals surface area contributed by atoms with Gasteiger partial charge in [-0.15, -0.1) is 0 Å². The predicted octanol–water partition coefficient (Wildman–Crippen LogP) is 7.34. The van der Waals surface area contributed by atoms with E-state index in [1.165, 1.54) is 68.5 Å². The Hall–Kier alpha value is -4.78. The highest BCUT2D eigenvalue weighted by Crippen LogP contribution is 2.31. The number of carboxylic acids is 1. The molecule has 1 aromatic carbocycles. The lowest BCUT2D eigenvalue weighted by Gasteiger charge is -2.07. The molecule has 0 saturated carbocycles. The van der Waals surface area contributed by atoms with Gasteiger partial charge in [-0.2, -0.15) is 23.4 Å². The van der Waals surface area contributed by atoms with Crippen LogP contribution in [0.5, 0.6) is 0 Å². The summed E-state index contributed by atoms with van der Waals surface area (Å²) in [6, 6.07) is 13.6. The number of hydrogen-bond acceptors (Lipinski definition) is 7. The highest BCUT2D eigenvalue weighted by Gasteiger charge is 2.39. The van der Waals surface area contributed by atoms with E-state index in [1.807, 2.05) is 6.07 Å². The van der Waals surface area contributed by atoms with Crippen molar-refractivity contribution in [1.82, 2.24) is 34.8 Å². The zero-order chi connectivity index (χ0) is 34.4. The number of nitrogen functional groups attached to an aromatic ring is 1. The molecule has 0 radical (unpaired) electrons. The van der Waals surface area contributed by atoms with Crippen LogP contribution in [0.15, 0.2) is 73.4 Å². The first kappa shape index (κ1) is 36.1. The molecule has 0 aliphatic heterocycles. The predicted molar refractivity (Wildman–Crippen MR) is 179 cm³/mol. The molecule has 0 saturated heterocycles. The Morgan fingerprint density at radius 2 is 1.67 bits per heavy atom. The molecule has 0 aliphatic rings. The maximum Gasteiger partial charge on any atom is 0.436 e. The average Bonchev–Trinajstić information content (AvgIpc) is 3.74. The van der Waals surface area contributed by atoms with Crippen LogP contribution in [0.1, 0.15) is 91.2 Å². The first-order chi connectivity index (χ1) is 23.1. The molecule has 4 heterocycles. The maximum absolute atomic E-state index is 12.8. The first-order valence-electron chi connectivity index (χ1n) is 16.3. The monoisotopic (exact) mass is 664 g/mol. The minimum absolute atomic E-state index is 0.0224. The first-order valence-corrected chi connectivity index (χ1v) is 16.3. The maximum atomic E-state index is 12.8. The number of anilines is 1. The van der Waals surface area contributed by atoms with Crippen molar-refractivity contribution < 1.29 is 23.1 Å². The standard InChI is InChI=1S/C20H31N3.C15H12F3N5O2/c1-2-3-4-5-6-7-8-9-13-22-16-17-10-11-19-18(15-17)12-14-23-20(19)21;16-15(17,18)13-12(14(24)25)9-23(21-13)7-10-2-3-11(19-6-10)8-22-5-1-4-20-22/h10-12,14-15,22H,2-9,13,16H2,1H3,(H2,21,23);1-6,9H,7-8H2,(H,24,25). The number of alkyl halides is 3. The van der Waals surface area contributed by atoms with Crippen LogP contribution < -0.4 is 11.1 Å². The van der Waals surface area contributed by atoms with Gasteiger partial charge in [-0.25, -0.2) is 9.78 Å². The minimum atomic E-state index is -4.83. The van der Waals surface area contributed by atoms with Gasteiger partial charge in [-0.05, 0) is 53.7 Å². The summed E-state index contributed by atoms with van der Waals surface area (Å²) in [7, 11) is 0. The number of aromatic carboxylic acids is 1.